The van der Waals surface area contributed by atoms with Gasteiger partial charge < -0.3 is 10.1 Å². The number of aromatic nitrogens is 2. The molecule has 0 aliphatic carbocycles. The fourth-order valence-electron chi connectivity index (χ4n) is 2.21. The highest BCUT2D eigenvalue weighted by atomic mass is 79.9. The molecule has 0 bridgehead atoms. The van der Waals surface area contributed by atoms with Gasteiger partial charge in [-0.2, -0.15) is 0 Å². The molecule has 5 heteroatoms. The van der Waals surface area contributed by atoms with Crippen molar-refractivity contribution in [2.75, 3.05) is 19.5 Å². The Bertz CT molecular complexity index is 644. The normalized spacial score (nSPS) is 10.5. The molecule has 0 fully saturated rings. The Hall–Kier alpha value is -1.62. The van der Waals surface area contributed by atoms with Gasteiger partial charge in [0, 0.05) is 12.6 Å². The summed E-state index contributed by atoms with van der Waals surface area (Å²) in [5, 5.41) is 3.12. The van der Waals surface area contributed by atoms with Crippen LogP contribution in [0, 0.1) is 6.92 Å². The minimum Gasteiger partial charge on any atom is -0.496 e. The van der Waals surface area contributed by atoms with E-state index in [-0.39, 0.29) is 0 Å². The SMILES string of the molecule is CCCc1nc(-c2ccc(OC)c(C)c2)nc(NC)c1Br. The number of anilines is 1. The molecule has 0 atom stereocenters. The van der Waals surface area contributed by atoms with Gasteiger partial charge in [-0.25, -0.2) is 9.97 Å². The highest BCUT2D eigenvalue weighted by molar-refractivity contribution is 9.10. The first kappa shape index (κ1) is 15.8. The maximum absolute atomic E-state index is 5.30. The lowest BCUT2D eigenvalue weighted by Crippen LogP contribution is -2.03. The third-order valence-corrected chi connectivity index (χ3v) is 4.13. The summed E-state index contributed by atoms with van der Waals surface area (Å²) in [6, 6.07) is 6.00. The summed E-state index contributed by atoms with van der Waals surface area (Å²) in [7, 11) is 3.54. The van der Waals surface area contributed by atoms with Gasteiger partial charge in [0.25, 0.3) is 0 Å². The van der Waals surface area contributed by atoms with Crippen LogP contribution in [0.4, 0.5) is 5.82 Å². The van der Waals surface area contributed by atoms with E-state index in [4.69, 9.17) is 9.72 Å². The van der Waals surface area contributed by atoms with Crippen LogP contribution >= 0.6 is 15.9 Å². The number of rotatable bonds is 5. The molecule has 0 aliphatic rings. The number of hydrogen-bond acceptors (Lipinski definition) is 4. The van der Waals surface area contributed by atoms with Crippen LogP contribution in [0.5, 0.6) is 5.75 Å². The molecule has 1 heterocycles. The van der Waals surface area contributed by atoms with Crippen molar-refractivity contribution in [3.8, 4) is 17.1 Å². The average molecular weight is 350 g/mol. The summed E-state index contributed by atoms with van der Waals surface area (Å²) >= 11 is 3.58. The van der Waals surface area contributed by atoms with Gasteiger partial charge in [0.05, 0.1) is 17.3 Å². The highest BCUT2D eigenvalue weighted by Crippen LogP contribution is 2.29. The van der Waals surface area contributed by atoms with Crippen LogP contribution in [0.1, 0.15) is 24.6 Å². The Morgan fingerprint density at radius 1 is 1.29 bits per heavy atom. The fraction of sp³-hybridized carbons (Fsp3) is 0.375. The summed E-state index contributed by atoms with van der Waals surface area (Å²) < 4.78 is 6.25. The van der Waals surface area contributed by atoms with E-state index in [9.17, 15) is 0 Å². The second-order valence-electron chi connectivity index (χ2n) is 4.84. The molecule has 0 radical (unpaired) electrons. The summed E-state index contributed by atoms with van der Waals surface area (Å²) in [6.45, 7) is 4.16. The second kappa shape index (κ2) is 6.89. The van der Waals surface area contributed by atoms with Gasteiger partial charge in [-0.3, -0.25) is 0 Å². The molecule has 1 aromatic carbocycles. The molecule has 2 rings (SSSR count). The van der Waals surface area contributed by atoms with Crippen LogP contribution in [-0.4, -0.2) is 24.1 Å². The molecule has 2 aromatic rings. The van der Waals surface area contributed by atoms with Crippen LogP contribution in [-0.2, 0) is 6.42 Å². The van der Waals surface area contributed by atoms with E-state index in [1.165, 1.54) is 0 Å². The molecule has 112 valence electrons. The first-order valence-electron chi connectivity index (χ1n) is 6.99. The van der Waals surface area contributed by atoms with E-state index in [1.807, 2.05) is 26.1 Å². The first-order chi connectivity index (χ1) is 10.1. The smallest absolute Gasteiger partial charge is 0.161 e. The van der Waals surface area contributed by atoms with Gasteiger partial charge >= 0.3 is 0 Å². The summed E-state index contributed by atoms with van der Waals surface area (Å²) in [4.78, 5) is 9.29. The number of aryl methyl sites for hydroxylation is 2. The third kappa shape index (κ3) is 3.35. The molecule has 0 aliphatic heterocycles. The predicted octanol–water partition coefficient (Wildman–Crippen LogP) is 4.22. The Labute approximate surface area is 134 Å². The Balaban J connectivity index is 2.52. The predicted molar refractivity (Wildman–Crippen MR) is 90.0 cm³/mol. The zero-order chi connectivity index (χ0) is 15.4. The molecule has 0 spiro atoms. The van der Waals surface area contributed by atoms with Crippen LogP contribution in [0.3, 0.4) is 0 Å². The van der Waals surface area contributed by atoms with Gasteiger partial charge in [-0.05, 0) is 53.0 Å². The maximum atomic E-state index is 5.30. The van der Waals surface area contributed by atoms with E-state index >= 15 is 0 Å². The zero-order valence-electron chi connectivity index (χ0n) is 12.8. The first-order valence-corrected chi connectivity index (χ1v) is 7.79. The van der Waals surface area contributed by atoms with E-state index < -0.39 is 0 Å². The summed E-state index contributed by atoms with van der Waals surface area (Å²) in [5.74, 6) is 2.42. The van der Waals surface area contributed by atoms with Crippen molar-refractivity contribution in [3.63, 3.8) is 0 Å². The van der Waals surface area contributed by atoms with E-state index in [1.54, 1.807) is 7.11 Å². The number of ether oxygens (including phenoxy) is 1. The lowest BCUT2D eigenvalue weighted by atomic mass is 10.1. The standard InChI is InChI=1S/C16H20BrN3O/c1-5-6-12-14(17)16(18-3)20-15(19-12)11-7-8-13(21-4)10(2)9-11/h7-9H,5-6H2,1-4H3,(H,18,19,20). The number of benzene rings is 1. The number of nitrogens with one attached hydrogen (secondary N) is 1. The van der Waals surface area contributed by atoms with Gasteiger partial charge in [-0.1, -0.05) is 13.3 Å². The Morgan fingerprint density at radius 2 is 2.05 bits per heavy atom. The minimum atomic E-state index is 0.733. The molecule has 21 heavy (non-hydrogen) atoms. The number of hydrogen-bond donors (Lipinski definition) is 1. The highest BCUT2D eigenvalue weighted by Gasteiger charge is 2.13. The van der Waals surface area contributed by atoms with Crippen molar-refractivity contribution < 1.29 is 4.74 Å². The van der Waals surface area contributed by atoms with Crippen molar-refractivity contribution in [1.82, 2.24) is 9.97 Å². The van der Waals surface area contributed by atoms with Gasteiger partial charge in [0.1, 0.15) is 11.6 Å². The summed E-state index contributed by atoms with van der Waals surface area (Å²) in [5.41, 5.74) is 3.10. The molecule has 0 saturated heterocycles. The van der Waals surface area contributed by atoms with E-state index in [0.717, 1.165) is 51.5 Å². The molecular formula is C16H20BrN3O. The van der Waals surface area contributed by atoms with Crippen LogP contribution in [0.2, 0.25) is 0 Å². The average Bonchev–Trinajstić information content (AvgIpc) is 2.49. The molecular weight excluding hydrogens is 330 g/mol. The largest absolute Gasteiger partial charge is 0.496 e. The van der Waals surface area contributed by atoms with Crippen LogP contribution < -0.4 is 10.1 Å². The zero-order valence-corrected chi connectivity index (χ0v) is 14.4. The van der Waals surface area contributed by atoms with Crippen molar-refractivity contribution >= 4 is 21.7 Å². The monoisotopic (exact) mass is 349 g/mol. The van der Waals surface area contributed by atoms with Crippen molar-refractivity contribution in [3.05, 3.63) is 33.9 Å². The molecule has 0 amide bonds. The minimum absolute atomic E-state index is 0.733. The lowest BCUT2D eigenvalue weighted by molar-refractivity contribution is 0.412. The van der Waals surface area contributed by atoms with E-state index in [0.29, 0.717) is 0 Å². The molecule has 4 nitrogen and oxygen atoms in total. The van der Waals surface area contributed by atoms with E-state index in [2.05, 4.69) is 39.2 Å². The topological polar surface area (TPSA) is 47.0 Å². The van der Waals surface area contributed by atoms with Crippen LogP contribution in [0.25, 0.3) is 11.4 Å². The molecule has 0 unspecified atom stereocenters. The quantitative estimate of drug-likeness (QED) is 0.877. The van der Waals surface area contributed by atoms with Gasteiger partial charge in [0.15, 0.2) is 5.82 Å². The lowest BCUT2D eigenvalue weighted by Gasteiger charge is -2.12. The van der Waals surface area contributed by atoms with Crippen LogP contribution in [0.15, 0.2) is 22.7 Å². The van der Waals surface area contributed by atoms with Crippen molar-refractivity contribution in [2.45, 2.75) is 26.7 Å². The third-order valence-electron chi connectivity index (χ3n) is 3.30. The molecule has 1 N–H and O–H groups in total. The second-order valence-corrected chi connectivity index (χ2v) is 5.63. The van der Waals surface area contributed by atoms with Crippen molar-refractivity contribution in [1.29, 1.82) is 0 Å². The fourth-order valence-corrected chi connectivity index (χ4v) is 2.78. The van der Waals surface area contributed by atoms with Crippen molar-refractivity contribution in [2.24, 2.45) is 0 Å². The molecule has 1 aromatic heterocycles. The Kier molecular flexibility index (Phi) is 5.17. The number of nitrogens with zero attached hydrogens (tertiary/aromatic N) is 2. The summed E-state index contributed by atoms with van der Waals surface area (Å²) in [6.07, 6.45) is 1.96. The molecule has 0 saturated carbocycles. The number of methoxy groups -OCH3 is 1. The Morgan fingerprint density at radius 3 is 2.62 bits per heavy atom. The van der Waals surface area contributed by atoms with Gasteiger partial charge in [0.2, 0.25) is 0 Å². The maximum Gasteiger partial charge on any atom is 0.161 e. The van der Waals surface area contributed by atoms with Gasteiger partial charge in [-0.15, -0.1) is 0 Å². The number of halogens is 1.